The number of nitro benzene ring substituents is 1. The van der Waals surface area contributed by atoms with E-state index in [1.807, 2.05) is 59.2 Å². The smallest absolute Gasteiger partial charge is 0.270 e. The molecule has 1 aliphatic rings. The normalized spacial score (nSPS) is 12.6. The van der Waals surface area contributed by atoms with Crippen molar-refractivity contribution in [1.29, 1.82) is 0 Å². The minimum absolute atomic E-state index is 0.00639. The van der Waals surface area contributed by atoms with Crippen molar-refractivity contribution in [2.45, 2.75) is 17.5 Å². The molecule has 0 bridgehead atoms. The van der Waals surface area contributed by atoms with Crippen LogP contribution < -0.4 is 9.47 Å². The third-order valence-electron chi connectivity index (χ3n) is 5.34. The standard InChI is InChI=1S/C24H20N4O5S/c1-31-21-9-7-16(8-10-21)23-25-26-24(27(23)19-5-3-2-4-6-19)34-14-18-12-20(28(29)30)11-17-13-32-15-33-22(17)18/h2-12H,13-15H2,1H3. The lowest BCUT2D eigenvalue weighted by Gasteiger charge is -2.20. The molecule has 0 amide bonds. The molecule has 5 rings (SSSR count). The summed E-state index contributed by atoms with van der Waals surface area (Å²) in [4.78, 5) is 11.0. The van der Waals surface area contributed by atoms with Crippen LogP contribution in [0.2, 0.25) is 0 Å². The van der Waals surface area contributed by atoms with E-state index in [1.54, 1.807) is 13.2 Å². The zero-order chi connectivity index (χ0) is 23.5. The van der Waals surface area contributed by atoms with Gasteiger partial charge in [0.25, 0.3) is 5.69 Å². The van der Waals surface area contributed by atoms with Crippen molar-refractivity contribution in [2.75, 3.05) is 13.9 Å². The number of thioether (sulfide) groups is 1. The van der Waals surface area contributed by atoms with Gasteiger partial charge >= 0.3 is 0 Å². The molecule has 0 radical (unpaired) electrons. The maximum atomic E-state index is 11.4. The summed E-state index contributed by atoms with van der Waals surface area (Å²) in [6.07, 6.45) is 0. The third kappa shape index (κ3) is 4.33. The molecule has 0 aliphatic carbocycles. The topological polar surface area (TPSA) is 102 Å². The molecule has 1 aliphatic heterocycles. The molecule has 4 aromatic rings. The molecule has 0 N–H and O–H groups in total. The van der Waals surface area contributed by atoms with E-state index in [0.717, 1.165) is 17.0 Å². The molecule has 0 fully saturated rings. The summed E-state index contributed by atoms with van der Waals surface area (Å²) in [6, 6.07) is 20.5. The number of benzene rings is 3. The minimum Gasteiger partial charge on any atom is -0.497 e. The highest BCUT2D eigenvalue weighted by atomic mass is 32.2. The van der Waals surface area contributed by atoms with Crippen LogP contribution in [0, 0.1) is 10.1 Å². The summed E-state index contributed by atoms with van der Waals surface area (Å²) >= 11 is 1.43. The van der Waals surface area contributed by atoms with Crippen molar-refractivity contribution in [2.24, 2.45) is 0 Å². The second-order valence-corrected chi connectivity index (χ2v) is 8.40. The van der Waals surface area contributed by atoms with Crippen LogP contribution in [0.15, 0.2) is 71.9 Å². The Labute approximate surface area is 199 Å². The summed E-state index contributed by atoms with van der Waals surface area (Å²) < 4.78 is 18.2. The van der Waals surface area contributed by atoms with Crippen molar-refractivity contribution in [1.82, 2.24) is 14.8 Å². The van der Waals surface area contributed by atoms with Crippen molar-refractivity contribution >= 4 is 17.4 Å². The first-order valence-electron chi connectivity index (χ1n) is 10.4. The van der Waals surface area contributed by atoms with E-state index in [4.69, 9.17) is 14.2 Å². The number of hydrogen-bond donors (Lipinski definition) is 0. The highest BCUT2D eigenvalue weighted by molar-refractivity contribution is 7.98. The number of para-hydroxylation sites is 1. The number of methoxy groups -OCH3 is 1. The lowest BCUT2D eigenvalue weighted by atomic mass is 10.1. The van der Waals surface area contributed by atoms with E-state index >= 15 is 0 Å². The fourth-order valence-corrected chi connectivity index (χ4v) is 4.65. The molecule has 0 unspecified atom stereocenters. The first kappa shape index (κ1) is 21.9. The van der Waals surface area contributed by atoms with Crippen LogP contribution in [0.3, 0.4) is 0 Å². The summed E-state index contributed by atoms with van der Waals surface area (Å²) in [7, 11) is 1.62. The average Bonchev–Trinajstić information content (AvgIpc) is 3.31. The number of nitrogens with zero attached hydrogens (tertiary/aromatic N) is 4. The second kappa shape index (κ2) is 9.54. The fraction of sp³-hybridized carbons (Fsp3) is 0.167. The third-order valence-corrected chi connectivity index (χ3v) is 6.31. The largest absolute Gasteiger partial charge is 0.497 e. The molecule has 3 aromatic carbocycles. The molecule has 0 saturated heterocycles. The molecule has 172 valence electrons. The van der Waals surface area contributed by atoms with Crippen LogP contribution in [0.25, 0.3) is 17.1 Å². The van der Waals surface area contributed by atoms with Crippen molar-refractivity contribution in [3.05, 3.63) is 88.0 Å². The maximum Gasteiger partial charge on any atom is 0.270 e. The quantitative estimate of drug-likeness (QED) is 0.208. The Kier molecular flexibility index (Phi) is 6.15. The zero-order valence-corrected chi connectivity index (χ0v) is 19.0. The molecule has 9 nitrogen and oxygen atoms in total. The van der Waals surface area contributed by atoms with E-state index in [1.165, 1.54) is 17.8 Å². The summed E-state index contributed by atoms with van der Waals surface area (Å²) in [5.74, 6) is 2.48. The number of fused-ring (bicyclic) bond motifs is 1. The summed E-state index contributed by atoms with van der Waals surface area (Å²) in [5.41, 5.74) is 3.18. The molecule has 1 aromatic heterocycles. The average molecular weight is 477 g/mol. The fourth-order valence-electron chi connectivity index (χ4n) is 3.74. The van der Waals surface area contributed by atoms with Gasteiger partial charge in [0.05, 0.1) is 18.6 Å². The Hall–Kier alpha value is -3.89. The van der Waals surface area contributed by atoms with Gasteiger partial charge in [-0.05, 0) is 36.4 Å². The van der Waals surface area contributed by atoms with Crippen molar-refractivity contribution < 1.29 is 19.1 Å². The highest BCUT2D eigenvalue weighted by Crippen LogP contribution is 2.37. The van der Waals surface area contributed by atoms with E-state index in [9.17, 15) is 10.1 Å². The number of rotatable bonds is 7. The predicted octanol–water partition coefficient (Wildman–Crippen LogP) is 5.01. The molecule has 0 spiro atoms. The van der Waals surface area contributed by atoms with Gasteiger partial charge < -0.3 is 14.2 Å². The molecule has 34 heavy (non-hydrogen) atoms. The van der Waals surface area contributed by atoms with Crippen LogP contribution >= 0.6 is 11.8 Å². The van der Waals surface area contributed by atoms with Gasteiger partial charge in [-0.15, -0.1) is 10.2 Å². The number of non-ortho nitro benzene ring substituents is 1. The zero-order valence-electron chi connectivity index (χ0n) is 18.2. The molecule has 2 heterocycles. The highest BCUT2D eigenvalue weighted by Gasteiger charge is 2.23. The predicted molar refractivity (Wildman–Crippen MR) is 126 cm³/mol. The SMILES string of the molecule is COc1ccc(-c2nnc(SCc3cc([N+](=O)[O-])cc4c3OCOC4)n2-c2ccccc2)cc1. The Morgan fingerprint density at radius 1 is 1.12 bits per heavy atom. The van der Waals surface area contributed by atoms with Gasteiger partial charge in [-0.1, -0.05) is 30.0 Å². The number of hydrogen-bond acceptors (Lipinski definition) is 8. The van der Waals surface area contributed by atoms with Crippen LogP contribution in [-0.4, -0.2) is 33.6 Å². The van der Waals surface area contributed by atoms with Gasteiger partial charge in [-0.25, -0.2) is 0 Å². The maximum absolute atomic E-state index is 11.4. The van der Waals surface area contributed by atoms with E-state index in [-0.39, 0.29) is 19.1 Å². The molecular weight excluding hydrogens is 456 g/mol. The van der Waals surface area contributed by atoms with E-state index in [0.29, 0.717) is 33.6 Å². The Balaban J connectivity index is 1.52. The summed E-state index contributed by atoms with van der Waals surface area (Å²) in [5, 5.41) is 21.0. The van der Waals surface area contributed by atoms with E-state index in [2.05, 4.69) is 10.2 Å². The van der Waals surface area contributed by atoms with Crippen LogP contribution in [-0.2, 0) is 17.1 Å². The van der Waals surface area contributed by atoms with Crippen LogP contribution in [0.5, 0.6) is 11.5 Å². The van der Waals surface area contributed by atoms with Crippen molar-refractivity contribution in [3.8, 4) is 28.6 Å². The monoisotopic (exact) mass is 476 g/mol. The summed E-state index contributed by atoms with van der Waals surface area (Å²) in [6.45, 7) is 0.390. The van der Waals surface area contributed by atoms with Crippen molar-refractivity contribution in [3.63, 3.8) is 0 Å². The Morgan fingerprint density at radius 3 is 2.65 bits per heavy atom. The lowest BCUT2D eigenvalue weighted by molar-refractivity contribution is -0.385. The van der Waals surface area contributed by atoms with Gasteiger partial charge in [0, 0.05) is 40.3 Å². The van der Waals surface area contributed by atoms with Gasteiger partial charge in [0.2, 0.25) is 0 Å². The Bertz CT molecular complexity index is 1330. The number of ether oxygens (including phenoxy) is 3. The molecule has 0 saturated carbocycles. The van der Waals surface area contributed by atoms with Crippen LogP contribution in [0.1, 0.15) is 11.1 Å². The minimum atomic E-state index is -0.405. The second-order valence-electron chi connectivity index (χ2n) is 7.46. The lowest BCUT2D eigenvalue weighted by Crippen LogP contribution is -2.13. The Morgan fingerprint density at radius 2 is 1.91 bits per heavy atom. The molecular formula is C24H20N4O5S. The van der Waals surface area contributed by atoms with Crippen LogP contribution in [0.4, 0.5) is 5.69 Å². The van der Waals surface area contributed by atoms with Gasteiger partial charge in [-0.3, -0.25) is 14.7 Å². The molecule has 10 heteroatoms. The number of nitro groups is 1. The first-order chi connectivity index (χ1) is 16.6. The van der Waals surface area contributed by atoms with Gasteiger partial charge in [0.15, 0.2) is 17.8 Å². The number of aromatic nitrogens is 3. The van der Waals surface area contributed by atoms with E-state index < -0.39 is 4.92 Å². The first-order valence-corrected chi connectivity index (χ1v) is 11.4. The van der Waals surface area contributed by atoms with Gasteiger partial charge in [-0.2, -0.15) is 0 Å². The molecule has 0 atom stereocenters. The van der Waals surface area contributed by atoms with Gasteiger partial charge in [0.1, 0.15) is 11.5 Å².